The summed E-state index contributed by atoms with van der Waals surface area (Å²) in [6, 6.07) is 7.81. The second-order valence-electron chi connectivity index (χ2n) is 3.37. The monoisotopic (exact) mass is 190 g/mol. The molecule has 1 aromatic rings. The van der Waals surface area contributed by atoms with E-state index in [0.29, 0.717) is 0 Å². The molecule has 0 radical (unpaired) electrons. The molecule has 74 valence electrons. The molecule has 0 atom stereocenters. The first kappa shape index (κ1) is 9.28. The fraction of sp³-hybridized carbons (Fsp3) is 0.333. The molecule has 2 heteroatoms. The molecule has 0 spiro atoms. The highest BCUT2D eigenvalue weighted by molar-refractivity contribution is 5.63. The summed E-state index contributed by atoms with van der Waals surface area (Å²) >= 11 is 0. The van der Waals surface area contributed by atoms with E-state index in [1.807, 2.05) is 24.3 Å². The van der Waals surface area contributed by atoms with E-state index in [-0.39, 0.29) is 6.61 Å². The predicted molar refractivity (Wildman–Crippen MR) is 55.5 cm³/mol. The maximum Gasteiger partial charge on any atom is 0.122 e. The van der Waals surface area contributed by atoms with Crippen LogP contribution in [0.4, 0.5) is 0 Å². The molecule has 1 aliphatic rings. The van der Waals surface area contributed by atoms with Crippen LogP contribution in [0.25, 0.3) is 5.76 Å². The number of ether oxygens (including phenoxy) is 1. The quantitative estimate of drug-likeness (QED) is 0.775. The number of hydrogen-bond acceptors (Lipinski definition) is 2. The van der Waals surface area contributed by atoms with Gasteiger partial charge in [0.15, 0.2) is 0 Å². The van der Waals surface area contributed by atoms with Crippen molar-refractivity contribution in [2.24, 2.45) is 0 Å². The molecule has 14 heavy (non-hydrogen) atoms. The van der Waals surface area contributed by atoms with Gasteiger partial charge in [0, 0.05) is 5.56 Å². The average Bonchev–Trinajstić information content (AvgIpc) is 2.30. The van der Waals surface area contributed by atoms with Crippen LogP contribution in [0.15, 0.2) is 30.3 Å². The minimum Gasteiger partial charge on any atom is -0.493 e. The molecule has 2 rings (SSSR count). The Hall–Kier alpha value is -1.28. The lowest BCUT2D eigenvalue weighted by atomic mass is 10.0. The van der Waals surface area contributed by atoms with Crippen molar-refractivity contribution in [2.45, 2.75) is 19.4 Å². The molecule has 1 heterocycles. The van der Waals surface area contributed by atoms with Crippen LogP contribution in [0.3, 0.4) is 0 Å². The second-order valence-corrected chi connectivity index (χ2v) is 3.37. The van der Waals surface area contributed by atoms with Crippen molar-refractivity contribution in [2.75, 3.05) is 6.61 Å². The molecule has 1 aromatic carbocycles. The van der Waals surface area contributed by atoms with Crippen molar-refractivity contribution >= 4 is 5.76 Å². The molecule has 2 nitrogen and oxygen atoms in total. The highest BCUT2D eigenvalue weighted by Crippen LogP contribution is 2.24. The lowest BCUT2D eigenvalue weighted by Gasteiger charge is -2.16. The zero-order valence-corrected chi connectivity index (χ0v) is 8.07. The van der Waals surface area contributed by atoms with Gasteiger partial charge in [-0.15, -0.1) is 0 Å². The van der Waals surface area contributed by atoms with Crippen LogP contribution in [0.2, 0.25) is 0 Å². The van der Waals surface area contributed by atoms with Gasteiger partial charge in [-0.3, -0.25) is 0 Å². The zero-order valence-electron chi connectivity index (χ0n) is 8.07. The first-order chi connectivity index (χ1) is 6.92. The topological polar surface area (TPSA) is 29.5 Å². The Balaban J connectivity index is 2.34. The summed E-state index contributed by atoms with van der Waals surface area (Å²) in [5.74, 6) is 0.918. The van der Waals surface area contributed by atoms with E-state index in [1.165, 1.54) is 0 Å². The van der Waals surface area contributed by atoms with Crippen molar-refractivity contribution in [3.05, 3.63) is 41.5 Å². The minimum atomic E-state index is 0.0663. The predicted octanol–water partition coefficient (Wildman–Crippen LogP) is 2.33. The summed E-state index contributed by atoms with van der Waals surface area (Å²) in [6.07, 6.45) is 4.25. The van der Waals surface area contributed by atoms with Gasteiger partial charge in [0.05, 0.1) is 13.2 Å². The van der Waals surface area contributed by atoms with Gasteiger partial charge in [0.2, 0.25) is 0 Å². The molecule has 0 aliphatic carbocycles. The van der Waals surface area contributed by atoms with Crippen LogP contribution in [-0.4, -0.2) is 11.7 Å². The van der Waals surface area contributed by atoms with E-state index >= 15 is 0 Å². The molecule has 0 saturated heterocycles. The third-order valence-electron chi connectivity index (χ3n) is 2.39. The van der Waals surface area contributed by atoms with Gasteiger partial charge in [0.25, 0.3) is 0 Å². The molecule has 0 bridgehead atoms. The number of aliphatic hydroxyl groups is 1. The first-order valence-corrected chi connectivity index (χ1v) is 4.94. The molecule has 0 aromatic heterocycles. The summed E-state index contributed by atoms with van der Waals surface area (Å²) in [7, 11) is 0. The number of rotatable bonds is 2. The summed E-state index contributed by atoms with van der Waals surface area (Å²) in [5.41, 5.74) is 1.95. The third kappa shape index (κ3) is 1.80. The van der Waals surface area contributed by atoms with Crippen molar-refractivity contribution in [3.8, 4) is 0 Å². The number of allylic oxidation sites excluding steroid dienone is 1. The van der Waals surface area contributed by atoms with Gasteiger partial charge < -0.3 is 9.84 Å². The molecule has 0 fully saturated rings. The van der Waals surface area contributed by atoms with E-state index in [9.17, 15) is 0 Å². The van der Waals surface area contributed by atoms with Crippen molar-refractivity contribution < 1.29 is 9.84 Å². The molecule has 0 saturated carbocycles. The van der Waals surface area contributed by atoms with Crippen LogP contribution >= 0.6 is 0 Å². The van der Waals surface area contributed by atoms with E-state index < -0.39 is 0 Å². The Bertz CT molecular complexity index is 342. The number of aliphatic hydroxyl groups excluding tert-OH is 1. The Morgan fingerprint density at radius 1 is 1.29 bits per heavy atom. The molecular formula is C12H14O2. The Morgan fingerprint density at radius 3 is 2.86 bits per heavy atom. The van der Waals surface area contributed by atoms with Crippen LogP contribution in [0.1, 0.15) is 24.0 Å². The first-order valence-electron chi connectivity index (χ1n) is 4.94. The summed E-state index contributed by atoms with van der Waals surface area (Å²) < 4.78 is 5.56. The van der Waals surface area contributed by atoms with Gasteiger partial charge in [-0.2, -0.15) is 0 Å². The Kier molecular flexibility index (Phi) is 2.84. The van der Waals surface area contributed by atoms with Gasteiger partial charge >= 0.3 is 0 Å². The molecule has 1 N–H and O–H groups in total. The summed E-state index contributed by atoms with van der Waals surface area (Å²) in [5, 5.41) is 9.17. The normalized spacial score (nSPS) is 15.9. The summed E-state index contributed by atoms with van der Waals surface area (Å²) in [6.45, 7) is 0.850. The van der Waals surface area contributed by atoms with Gasteiger partial charge in [0.1, 0.15) is 5.76 Å². The van der Waals surface area contributed by atoms with E-state index in [4.69, 9.17) is 9.84 Å². The Morgan fingerprint density at radius 2 is 2.14 bits per heavy atom. The largest absolute Gasteiger partial charge is 0.493 e. The van der Waals surface area contributed by atoms with Gasteiger partial charge in [-0.1, -0.05) is 24.3 Å². The van der Waals surface area contributed by atoms with E-state index in [1.54, 1.807) is 0 Å². The molecular weight excluding hydrogens is 176 g/mol. The average molecular weight is 190 g/mol. The molecule has 1 aliphatic heterocycles. The minimum absolute atomic E-state index is 0.0663. The third-order valence-corrected chi connectivity index (χ3v) is 2.39. The fourth-order valence-corrected chi connectivity index (χ4v) is 1.64. The van der Waals surface area contributed by atoms with Crippen molar-refractivity contribution in [3.63, 3.8) is 0 Å². The Labute approximate surface area is 83.8 Å². The highest BCUT2D eigenvalue weighted by atomic mass is 16.5. The standard InChI is InChI=1S/C12H14O2/c13-9-10-5-1-2-6-11(10)12-7-3-4-8-14-12/h1-2,5-7,13H,3-4,8-9H2. The zero-order chi connectivity index (χ0) is 9.80. The van der Waals surface area contributed by atoms with Crippen LogP contribution in [-0.2, 0) is 11.3 Å². The highest BCUT2D eigenvalue weighted by Gasteiger charge is 2.10. The van der Waals surface area contributed by atoms with Gasteiger partial charge in [-0.05, 0) is 24.5 Å². The van der Waals surface area contributed by atoms with Crippen molar-refractivity contribution in [1.82, 2.24) is 0 Å². The van der Waals surface area contributed by atoms with Crippen LogP contribution < -0.4 is 0 Å². The second kappa shape index (κ2) is 4.29. The van der Waals surface area contributed by atoms with E-state index in [0.717, 1.165) is 36.3 Å². The maximum absolute atomic E-state index is 9.17. The van der Waals surface area contributed by atoms with Gasteiger partial charge in [-0.25, -0.2) is 0 Å². The van der Waals surface area contributed by atoms with E-state index in [2.05, 4.69) is 6.08 Å². The van der Waals surface area contributed by atoms with Crippen LogP contribution in [0.5, 0.6) is 0 Å². The molecule has 0 amide bonds. The number of benzene rings is 1. The lowest BCUT2D eigenvalue weighted by Crippen LogP contribution is -2.02. The SMILES string of the molecule is OCc1ccccc1C1=CCCCO1. The maximum atomic E-state index is 9.17. The van der Waals surface area contributed by atoms with Crippen LogP contribution in [0, 0.1) is 0 Å². The molecule has 0 unspecified atom stereocenters. The van der Waals surface area contributed by atoms with Crippen molar-refractivity contribution in [1.29, 1.82) is 0 Å². The fourth-order valence-electron chi connectivity index (χ4n) is 1.64. The summed E-state index contributed by atoms with van der Waals surface area (Å²) in [4.78, 5) is 0. The smallest absolute Gasteiger partial charge is 0.122 e. The lowest BCUT2D eigenvalue weighted by molar-refractivity contribution is 0.254. The number of hydrogen-bond donors (Lipinski definition) is 1.